The minimum Gasteiger partial charge on any atom is -0.405 e. The molecule has 0 radical (unpaired) electrons. The molecule has 0 fully saturated rings. The lowest BCUT2D eigenvalue weighted by Gasteiger charge is -2.15. The molecular weight excluding hydrogens is 242 g/mol. The highest BCUT2D eigenvalue weighted by Crippen LogP contribution is 2.06. The van der Waals surface area contributed by atoms with Gasteiger partial charge >= 0.3 is 0 Å². The molecule has 0 aliphatic carbocycles. The third kappa shape index (κ3) is 2.26. The summed E-state index contributed by atoms with van der Waals surface area (Å²) in [6.45, 7) is -0.410. The fourth-order valence-corrected chi connectivity index (χ4v) is 1.47. The number of nitrogens with one attached hydrogen (secondary N) is 1. The number of rotatable bonds is 5. The molecule has 0 amide bonds. The Morgan fingerprint density at radius 1 is 1.56 bits per heavy atom. The molecule has 2 aromatic heterocycles. The summed E-state index contributed by atoms with van der Waals surface area (Å²) in [6, 6.07) is 0. The van der Waals surface area contributed by atoms with Crippen molar-refractivity contribution < 1.29 is 15.1 Å². The van der Waals surface area contributed by atoms with E-state index < -0.39 is 11.7 Å². The lowest BCUT2D eigenvalue weighted by Crippen LogP contribution is -2.29. The highest BCUT2D eigenvalue weighted by molar-refractivity contribution is 5.69. The van der Waals surface area contributed by atoms with Crippen molar-refractivity contribution in [2.24, 2.45) is 0 Å². The van der Waals surface area contributed by atoms with Gasteiger partial charge in [-0.15, -0.1) is 0 Å². The van der Waals surface area contributed by atoms with Crippen LogP contribution in [0.15, 0.2) is 11.1 Å². The van der Waals surface area contributed by atoms with Crippen LogP contribution >= 0.6 is 0 Å². The van der Waals surface area contributed by atoms with Crippen molar-refractivity contribution >= 4 is 17.1 Å². The van der Waals surface area contributed by atoms with Crippen LogP contribution in [0.5, 0.6) is 0 Å². The van der Waals surface area contributed by atoms with E-state index in [1.54, 1.807) is 0 Å². The first-order valence-corrected chi connectivity index (χ1v) is 5.27. The molecule has 0 aliphatic heterocycles. The summed E-state index contributed by atoms with van der Waals surface area (Å²) in [5.41, 5.74) is 5.20. The zero-order valence-corrected chi connectivity index (χ0v) is 9.41. The van der Waals surface area contributed by atoms with Crippen LogP contribution in [0, 0.1) is 0 Å². The Kier molecular flexibility index (Phi) is 3.44. The van der Waals surface area contributed by atoms with E-state index in [0.29, 0.717) is 0 Å². The lowest BCUT2D eigenvalue weighted by molar-refractivity contribution is -0.00642. The van der Waals surface area contributed by atoms with E-state index in [2.05, 4.69) is 15.0 Å². The van der Waals surface area contributed by atoms with Gasteiger partial charge in [0.05, 0.1) is 6.61 Å². The van der Waals surface area contributed by atoms with E-state index in [-0.39, 0.29) is 36.7 Å². The molecule has 2 aromatic rings. The smallest absolute Gasteiger partial charge is 0.280 e. The van der Waals surface area contributed by atoms with Crippen LogP contribution in [-0.4, -0.2) is 49.2 Å². The number of nitrogens with two attached hydrogens (primary N) is 1. The maximum atomic E-state index is 11.5. The Morgan fingerprint density at radius 2 is 2.33 bits per heavy atom. The topological polar surface area (TPSA) is 139 Å². The van der Waals surface area contributed by atoms with Gasteiger partial charge in [0.2, 0.25) is 11.6 Å². The van der Waals surface area contributed by atoms with Crippen LogP contribution < -0.4 is 16.1 Å². The van der Waals surface area contributed by atoms with Crippen molar-refractivity contribution in [3.63, 3.8) is 0 Å². The van der Waals surface area contributed by atoms with Gasteiger partial charge in [-0.1, -0.05) is 0 Å². The number of aromatic amines is 1. The largest absolute Gasteiger partial charge is 0.405 e. The lowest BCUT2D eigenvalue weighted by atomic mass is 10.3. The Bertz CT molecular complexity index is 592. The second-order valence-corrected chi connectivity index (χ2v) is 3.62. The molecule has 9 heteroatoms. The second-order valence-electron chi connectivity index (χ2n) is 3.62. The molecule has 9 nitrogen and oxygen atoms in total. The molecule has 0 saturated carbocycles. The van der Waals surface area contributed by atoms with Crippen LogP contribution in [0.2, 0.25) is 0 Å². The highest BCUT2D eigenvalue weighted by Gasteiger charge is 2.14. The van der Waals surface area contributed by atoms with E-state index in [4.69, 9.17) is 20.8 Å². The first kappa shape index (κ1) is 12.3. The number of hydrogen-bond acceptors (Lipinski definition) is 7. The van der Waals surface area contributed by atoms with E-state index in [9.17, 15) is 4.79 Å². The summed E-state index contributed by atoms with van der Waals surface area (Å²) in [5, 5.41) is 17.8. The van der Waals surface area contributed by atoms with Gasteiger partial charge in [0, 0.05) is 13.0 Å². The maximum Gasteiger partial charge on any atom is 0.280 e. The molecule has 0 unspecified atom stereocenters. The summed E-state index contributed by atoms with van der Waals surface area (Å²) >= 11 is 0. The molecular formula is C9H13N5O4. The van der Waals surface area contributed by atoms with Crippen LogP contribution in [0.3, 0.4) is 0 Å². The SMILES string of the molecule is Nc1nc2c(ncn2O[C@H](CO)CCO)c(=O)[nH]1. The molecule has 2 heterocycles. The van der Waals surface area contributed by atoms with Crippen molar-refractivity contribution in [3.8, 4) is 0 Å². The maximum absolute atomic E-state index is 11.5. The van der Waals surface area contributed by atoms with Crippen molar-refractivity contribution in [1.82, 2.24) is 19.7 Å². The molecule has 0 saturated heterocycles. The predicted molar refractivity (Wildman–Crippen MR) is 61.7 cm³/mol. The monoisotopic (exact) mass is 255 g/mol. The van der Waals surface area contributed by atoms with Gasteiger partial charge in [0.25, 0.3) is 5.56 Å². The van der Waals surface area contributed by atoms with Crippen LogP contribution in [0.1, 0.15) is 6.42 Å². The Labute approximate surface area is 101 Å². The predicted octanol–water partition coefficient (Wildman–Crippen LogP) is -2.13. The van der Waals surface area contributed by atoms with Gasteiger partial charge in [-0.05, 0) is 0 Å². The molecule has 2 rings (SSSR count). The summed E-state index contributed by atoms with van der Waals surface area (Å²) in [5.74, 6) is -0.0550. The number of nitrogens with zero attached hydrogens (tertiary/aromatic N) is 3. The molecule has 0 spiro atoms. The average Bonchev–Trinajstić information content (AvgIpc) is 2.72. The van der Waals surface area contributed by atoms with Gasteiger partial charge in [-0.25, -0.2) is 4.98 Å². The minimum absolute atomic E-state index is 0.0550. The van der Waals surface area contributed by atoms with Gasteiger partial charge in [-0.2, -0.15) is 9.71 Å². The zero-order valence-electron chi connectivity index (χ0n) is 9.41. The number of aliphatic hydroxyl groups excluding tert-OH is 2. The number of nitrogen functional groups attached to an aromatic ring is 1. The standard InChI is InChI=1S/C9H13N5O4/c10-9-12-7-6(8(17)13-9)11-4-14(7)18-5(3-16)1-2-15/h4-5,15-16H,1-3H2,(H3,10,12,13,17)/t5-/m0/s1. The average molecular weight is 255 g/mol. The van der Waals surface area contributed by atoms with Crippen LogP contribution in [-0.2, 0) is 0 Å². The number of fused-ring (bicyclic) bond motifs is 1. The van der Waals surface area contributed by atoms with E-state index in [0.717, 1.165) is 4.73 Å². The van der Waals surface area contributed by atoms with Gasteiger partial charge in [0.15, 0.2) is 11.6 Å². The third-order valence-electron chi connectivity index (χ3n) is 2.31. The first-order chi connectivity index (χ1) is 8.65. The van der Waals surface area contributed by atoms with E-state index in [1.165, 1.54) is 6.33 Å². The second kappa shape index (κ2) is 5.02. The van der Waals surface area contributed by atoms with E-state index >= 15 is 0 Å². The number of hydrogen-bond donors (Lipinski definition) is 4. The Balaban J connectivity index is 2.37. The summed E-state index contributed by atoms with van der Waals surface area (Å²) in [6.07, 6.45) is 0.885. The highest BCUT2D eigenvalue weighted by atomic mass is 16.7. The van der Waals surface area contributed by atoms with Gasteiger partial charge < -0.3 is 20.8 Å². The molecule has 0 aliphatic rings. The molecule has 5 N–H and O–H groups in total. The number of H-pyrrole nitrogens is 1. The third-order valence-corrected chi connectivity index (χ3v) is 2.31. The summed E-state index contributed by atoms with van der Waals surface area (Å²) < 4.78 is 1.15. The molecule has 18 heavy (non-hydrogen) atoms. The van der Waals surface area contributed by atoms with Crippen LogP contribution in [0.25, 0.3) is 11.2 Å². The number of aliphatic hydroxyl groups is 2. The molecule has 1 atom stereocenters. The Morgan fingerprint density at radius 3 is 3.00 bits per heavy atom. The fourth-order valence-electron chi connectivity index (χ4n) is 1.47. The van der Waals surface area contributed by atoms with Crippen molar-refractivity contribution in [2.45, 2.75) is 12.5 Å². The van der Waals surface area contributed by atoms with Gasteiger partial charge in [-0.3, -0.25) is 9.78 Å². The molecule has 98 valence electrons. The number of aromatic nitrogens is 4. The zero-order chi connectivity index (χ0) is 13.1. The number of anilines is 1. The van der Waals surface area contributed by atoms with Gasteiger partial charge in [0.1, 0.15) is 6.33 Å². The fraction of sp³-hybridized carbons (Fsp3) is 0.444. The number of imidazole rings is 1. The molecule has 0 aromatic carbocycles. The van der Waals surface area contributed by atoms with Crippen molar-refractivity contribution in [1.29, 1.82) is 0 Å². The molecule has 0 bridgehead atoms. The normalized spacial score (nSPS) is 12.8. The quantitative estimate of drug-likeness (QED) is 0.478. The summed E-state index contributed by atoms with van der Waals surface area (Å²) in [7, 11) is 0. The van der Waals surface area contributed by atoms with Crippen molar-refractivity contribution in [3.05, 3.63) is 16.7 Å². The van der Waals surface area contributed by atoms with Crippen LogP contribution in [0.4, 0.5) is 5.95 Å². The van der Waals surface area contributed by atoms with E-state index in [1.807, 2.05) is 0 Å². The Hall–Kier alpha value is -2.13. The minimum atomic E-state index is -0.616. The summed E-state index contributed by atoms with van der Waals surface area (Å²) in [4.78, 5) is 26.9. The van der Waals surface area contributed by atoms with Crippen molar-refractivity contribution in [2.75, 3.05) is 18.9 Å². The first-order valence-electron chi connectivity index (χ1n) is 5.27.